The fourth-order valence-electron chi connectivity index (χ4n) is 2.06. The largest absolute Gasteiger partial charge is 0.378 e. The summed E-state index contributed by atoms with van der Waals surface area (Å²) in [4.78, 5) is 3.48. The van der Waals surface area contributed by atoms with E-state index in [4.69, 9.17) is 0 Å². The molecule has 1 N–H and O–H groups in total. The first-order valence-corrected chi connectivity index (χ1v) is 7.88. The van der Waals surface area contributed by atoms with E-state index >= 15 is 0 Å². The maximum absolute atomic E-state index is 3.56. The minimum atomic E-state index is 0.314. The second-order valence-electron chi connectivity index (χ2n) is 4.90. The molecule has 102 valence electrons. The van der Waals surface area contributed by atoms with Crippen molar-refractivity contribution in [1.82, 2.24) is 0 Å². The SMILES string of the molecule is Cc1ccc(NC(C)c2ccc(Br)s2)cc1N(C)C. The number of nitrogens with one attached hydrogen (secondary N) is 1. The molecular formula is C15H19BrN2S. The van der Waals surface area contributed by atoms with Crippen LogP contribution in [0, 0.1) is 6.92 Å². The zero-order valence-corrected chi connectivity index (χ0v) is 14.1. The zero-order chi connectivity index (χ0) is 14.0. The molecule has 19 heavy (non-hydrogen) atoms. The van der Waals surface area contributed by atoms with Gasteiger partial charge >= 0.3 is 0 Å². The molecule has 1 aromatic heterocycles. The molecule has 1 aromatic carbocycles. The molecule has 0 saturated heterocycles. The van der Waals surface area contributed by atoms with Gasteiger partial charge in [0.15, 0.2) is 0 Å². The van der Waals surface area contributed by atoms with Crippen molar-refractivity contribution < 1.29 is 0 Å². The standard InChI is InChI=1S/C15H19BrN2S/c1-10-5-6-12(9-13(10)18(3)4)17-11(2)14-7-8-15(16)19-14/h5-9,11,17H,1-4H3. The van der Waals surface area contributed by atoms with Gasteiger partial charge in [-0.15, -0.1) is 11.3 Å². The normalized spacial score (nSPS) is 12.3. The van der Waals surface area contributed by atoms with Crippen molar-refractivity contribution in [3.8, 4) is 0 Å². The van der Waals surface area contributed by atoms with Crippen LogP contribution in [0.25, 0.3) is 0 Å². The van der Waals surface area contributed by atoms with Gasteiger partial charge in [0.25, 0.3) is 0 Å². The fourth-order valence-corrected chi connectivity index (χ4v) is 3.49. The number of benzene rings is 1. The van der Waals surface area contributed by atoms with Crippen molar-refractivity contribution in [2.24, 2.45) is 0 Å². The highest BCUT2D eigenvalue weighted by atomic mass is 79.9. The lowest BCUT2D eigenvalue weighted by Crippen LogP contribution is -2.11. The van der Waals surface area contributed by atoms with Crippen molar-refractivity contribution in [3.63, 3.8) is 0 Å². The third kappa shape index (κ3) is 3.51. The predicted octanol–water partition coefficient (Wildman–Crippen LogP) is 5.06. The van der Waals surface area contributed by atoms with Gasteiger partial charge in [0.2, 0.25) is 0 Å². The van der Waals surface area contributed by atoms with Gasteiger partial charge in [0.1, 0.15) is 0 Å². The number of aryl methyl sites for hydroxylation is 1. The van der Waals surface area contributed by atoms with Gasteiger partial charge in [0.05, 0.1) is 9.83 Å². The Labute approximate surface area is 127 Å². The lowest BCUT2D eigenvalue weighted by molar-refractivity contribution is 0.907. The first kappa shape index (κ1) is 14.4. The molecule has 0 aliphatic carbocycles. The Morgan fingerprint density at radius 1 is 1.21 bits per heavy atom. The lowest BCUT2D eigenvalue weighted by atomic mass is 10.1. The Hall–Kier alpha value is -1.000. The number of rotatable bonds is 4. The van der Waals surface area contributed by atoms with E-state index in [1.54, 1.807) is 11.3 Å². The van der Waals surface area contributed by atoms with Crippen LogP contribution < -0.4 is 10.2 Å². The van der Waals surface area contributed by atoms with Crippen molar-refractivity contribution in [2.45, 2.75) is 19.9 Å². The first-order valence-electron chi connectivity index (χ1n) is 6.27. The predicted molar refractivity (Wildman–Crippen MR) is 89.6 cm³/mol. The number of halogens is 1. The Morgan fingerprint density at radius 2 is 1.95 bits per heavy atom. The quantitative estimate of drug-likeness (QED) is 0.838. The van der Waals surface area contributed by atoms with Crippen LogP contribution in [0.15, 0.2) is 34.1 Å². The van der Waals surface area contributed by atoms with Crippen LogP contribution in [-0.4, -0.2) is 14.1 Å². The molecule has 0 aliphatic heterocycles. The Balaban J connectivity index is 2.17. The maximum Gasteiger partial charge on any atom is 0.0702 e. The summed E-state index contributed by atoms with van der Waals surface area (Å²) in [6.07, 6.45) is 0. The van der Waals surface area contributed by atoms with E-state index in [2.05, 4.69) is 84.4 Å². The van der Waals surface area contributed by atoms with E-state index in [1.807, 2.05) is 0 Å². The van der Waals surface area contributed by atoms with Gasteiger partial charge in [-0.25, -0.2) is 0 Å². The molecule has 0 radical (unpaired) electrons. The maximum atomic E-state index is 3.56. The van der Waals surface area contributed by atoms with Crippen LogP contribution in [0.5, 0.6) is 0 Å². The van der Waals surface area contributed by atoms with Crippen LogP contribution in [0.3, 0.4) is 0 Å². The van der Waals surface area contributed by atoms with Gasteiger partial charge in [-0.05, 0) is 59.6 Å². The first-order chi connectivity index (χ1) is 8.97. The van der Waals surface area contributed by atoms with E-state index in [-0.39, 0.29) is 0 Å². The van der Waals surface area contributed by atoms with E-state index < -0.39 is 0 Å². The monoisotopic (exact) mass is 338 g/mol. The van der Waals surface area contributed by atoms with E-state index in [0.717, 1.165) is 5.69 Å². The number of nitrogens with zero attached hydrogens (tertiary/aromatic N) is 1. The van der Waals surface area contributed by atoms with Gasteiger partial charge in [-0.3, -0.25) is 0 Å². The summed E-state index contributed by atoms with van der Waals surface area (Å²) in [7, 11) is 4.15. The van der Waals surface area contributed by atoms with E-state index in [1.165, 1.54) is 19.9 Å². The van der Waals surface area contributed by atoms with Gasteiger partial charge in [-0.1, -0.05) is 6.07 Å². The molecule has 0 saturated carbocycles. The molecule has 0 aliphatic rings. The summed E-state index contributed by atoms with van der Waals surface area (Å²) < 4.78 is 1.18. The lowest BCUT2D eigenvalue weighted by Gasteiger charge is -2.19. The Bertz CT molecular complexity index is 563. The molecular weight excluding hydrogens is 320 g/mol. The van der Waals surface area contributed by atoms with Gasteiger partial charge in [-0.2, -0.15) is 0 Å². The number of thiophene rings is 1. The van der Waals surface area contributed by atoms with Crippen LogP contribution >= 0.6 is 27.3 Å². The summed E-state index contributed by atoms with van der Waals surface area (Å²) in [6, 6.07) is 11.1. The Kier molecular flexibility index (Phi) is 4.53. The topological polar surface area (TPSA) is 15.3 Å². The van der Waals surface area contributed by atoms with Crippen molar-refractivity contribution in [1.29, 1.82) is 0 Å². The molecule has 0 fully saturated rings. The molecule has 0 bridgehead atoms. The molecule has 2 rings (SSSR count). The van der Waals surface area contributed by atoms with Crippen molar-refractivity contribution >= 4 is 38.6 Å². The highest BCUT2D eigenvalue weighted by Crippen LogP contribution is 2.30. The number of hydrogen-bond donors (Lipinski definition) is 1. The molecule has 1 unspecified atom stereocenters. The average Bonchev–Trinajstić information content (AvgIpc) is 2.78. The minimum Gasteiger partial charge on any atom is -0.378 e. The fraction of sp³-hybridized carbons (Fsp3) is 0.333. The van der Waals surface area contributed by atoms with E-state index in [0.29, 0.717) is 6.04 Å². The summed E-state index contributed by atoms with van der Waals surface area (Å²) in [5, 5.41) is 3.56. The van der Waals surface area contributed by atoms with Crippen LogP contribution in [-0.2, 0) is 0 Å². The molecule has 4 heteroatoms. The summed E-state index contributed by atoms with van der Waals surface area (Å²) in [6.45, 7) is 4.33. The third-order valence-electron chi connectivity index (χ3n) is 3.09. The second-order valence-corrected chi connectivity index (χ2v) is 7.40. The van der Waals surface area contributed by atoms with E-state index in [9.17, 15) is 0 Å². The molecule has 0 amide bonds. The summed E-state index contributed by atoms with van der Waals surface area (Å²) >= 11 is 5.28. The Morgan fingerprint density at radius 3 is 2.53 bits per heavy atom. The van der Waals surface area contributed by atoms with Crippen LogP contribution in [0.1, 0.15) is 23.4 Å². The van der Waals surface area contributed by atoms with Crippen LogP contribution in [0.2, 0.25) is 0 Å². The summed E-state index contributed by atoms with van der Waals surface area (Å²) in [5.41, 5.74) is 3.71. The highest BCUT2D eigenvalue weighted by molar-refractivity contribution is 9.11. The van der Waals surface area contributed by atoms with Crippen molar-refractivity contribution in [3.05, 3.63) is 44.6 Å². The summed E-state index contributed by atoms with van der Waals surface area (Å²) in [5.74, 6) is 0. The molecule has 2 aromatic rings. The molecule has 2 nitrogen and oxygen atoms in total. The number of anilines is 2. The molecule has 1 heterocycles. The highest BCUT2D eigenvalue weighted by Gasteiger charge is 2.09. The molecule has 0 spiro atoms. The third-order valence-corrected chi connectivity index (χ3v) is 4.90. The van der Waals surface area contributed by atoms with Crippen molar-refractivity contribution in [2.75, 3.05) is 24.3 Å². The van der Waals surface area contributed by atoms with Gasteiger partial charge < -0.3 is 10.2 Å². The average molecular weight is 339 g/mol. The van der Waals surface area contributed by atoms with Crippen LogP contribution in [0.4, 0.5) is 11.4 Å². The minimum absolute atomic E-state index is 0.314. The zero-order valence-electron chi connectivity index (χ0n) is 11.7. The number of hydrogen-bond acceptors (Lipinski definition) is 3. The second kappa shape index (κ2) is 5.97. The molecule has 1 atom stereocenters. The smallest absolute Gasteiger partial charge is 0.0702 e. The van der Waals surface area contributed by atoms with Gasteiger partial charge in [0, 0.05) is 30.3 Å².